The minimum absolute atomic E-state index is 0.0651. The predicted octanol–water partition coefficient (Wildman–Crippen LogP) is 1.50. The maximum Gasteiger partial charge on any atom is 0.326 e. The molecule has 7 N–H and O–H groups in total. The van der Waals surface area contributed by atoms with Crippen LogP contribution in [-0.2, 0) is 32.0 Å². The molecule has 0 aliphatic heterocycles. The van der Waals surface area contributed by atoms with Crippen LogP contribution in [-0.4, -0.2) is 57.9 Å². The number of carboxylic acids is 1. The van der Waals surface area contributed by atoms with Crippen LogP contribution < -0.4 is 21.7 Å². The molecule has 3 aromatic rings. The first-order valence-corrected chi connectivity index (χ1v) is 12.5. The van der Waals surface area contributed by atoms with Gasteiger partial charge in [-0.05, 0) is 36.5 Å². The van der Waals surface area contributed by atoms with E-state index in [0.717, 1.165) is 22.0 Å². The third-order valence-corrected chi connectivity index (χ3v) is 6.35. The largest absolute Gasteiger partial charge is 0.480 e. The highest BCUT2D eigenvalue weighted by atomic mass is 16.4. The van der Waals surface area contributed by atoms with E-state index in [1.807, 2.05) is 54.6 Å². The molecule has 0 fully saturated rings. The first-order chi connectivity index (χ1) is 18.1. The average Bonchev–Trinajstić information content (AvgIpc) is 3.29. The molecule has 0 bridgehead atoms. The van der Waals surface area contributed by atoms with Crippen LogP contribution >= 0.6 is 0 Å². The number of H-pyrrole nitrogens is 1. The number of aromatic amines is 1. The van der Waals surface area contributed by atoms with E-state index in [4.69, 9.17) is 5.73 Å². The van der Waals surface area contributed by atoms with E-state index < -0.39 is 47.9 Å². The SMILES string of the molecule is CC(NC(=O)C(N)Cc1ccccc1)C(=O)NC(C(=O)NC(Cc1c[nH]c2ccccc12)C(=O)O)C(C)C. The van der Waals surface area contributed by atoms with Crippen molar-refractivity contribution in [3.05, 3.63) is 71.9 Å². The molecule has 0 saturated heterocycles. The highest BCUT2D eigenvalue weighted by Crippen LogP contribution is 2.19. The highest BCUT2D eigenvalue weighted by molar-refractivity contribution is 5.94. The summed E-state index contributed by atoms with van der Waals surface area (Å²) in [5.74, 6) is -3.23. The second kappa shape index (κ2) is 12.9. The summed E-state index contributed by atoms with van der Waals surface area (Å²) in [7, 11) is 0. The molecule has 1 aromatic heterocycles. The topological polar surface area (TPSA) is 166 Å². The minimum Gasteiger partial charge on any atom is -0.480 e. The number of carboxylic acid groups (broad SMARTS) is 1. The fourth-order valence-electron chi connectivity index (χ4n) is 4.14. The van der Waals surface area contributed by atoms with Crippen molar-refractivity contribution in [1.82, 2.24) is 20.9 Å². The van der Waals surface area contributed by atoms with Gasteiger partial charge in [-0.1, -0.05) is 62.4 Å². The first kappa shape index (κ1) is 28.4. The van der Waals surface area contributed by atoms with Crippen LogP contribution in [0.25, 0.3) is 10.9 Å². The van der Waals surface area contributed by atoms with Gasteiger partial charge in [0, 0.05) is 23.5 Å². The van der Waals surface area contributed by atoms with Crippen molar-refractivity contribution in [3.8, 4) is 0 Å². The lowest BCUT2D eigenvalue weighted by Crippen LogP contribution is -2.58. The number of carbonyl (C=O) groups is 4. The van der Waals surface area contributed by atoms with Crippen LogP contribution in [0.4, 0.5) is 0 Å². The Morgan fingerprint density at radius 1 is 0.842 bits per heavy atom. The molecule has 10 heteroatoms. The molecule has 202 valence electrons. The van der Waals surface area contributed by atoms with Gasteiger partial charge < -0.3 is 31.8 Å². The number of hydrogen-bond acceptors (Lipinski definition) is 5. The Bertz CT molecular complexity index is 1270. The predicted molar refractivity (Wildman–Crippen MR) is 144 cm³/mol. The van der Waals surface area contributed by atoms with Gasteiger partial charge in [0.15, 0.2) is 0 Å². The van der Waals surface area contributed by atoms with E-state index in [9.17, 15) is 24.3 Å². The minimum atomic E-state index is -1.20. The highest BCUT2D eigenvalue weighted by Gasteiger charge is 2.31. The molecule has 38 heavy (non-hydrogen) atoms. The molecule has 0 saturated carbocycles. The molecular weight excluding hydrogens is 486 g/mol. The third-order valence-electron chi connectivity index (χ3n) is 6.35. The zero-order valence-electron chi connectivity index (χ0n) is 21.7. The second-order valence-corrected chi connectivity index (χ2v) is 9.72. The van der Waals surface area contributed by atoms with E-state index in [0.29, 0.717) is 6.42 Å². The van der Waals surface area contributed by atoms with Gasteiger partial charge in [0.25, 0.3) is 0 Å². The number of amides is 3. The fraction of sp³-hybridized carbons (Fsp3) is 0.357. The van der Waals surface area contributed by atoms with Crippen molar-refractivity contribution in [2.75, 3.05) is 0 Å². The van der Waals surface area contributed by atoms with Crippen LogP contribution in [0, 0.1) is 5.92 Å². The van der Waals surface area contributed by atoms with Gasteiger partial charge in [-0.3, -0.25) is 14.4 Å². The maximum atomic E-state index is 13.1. The zero-order valence-corrected chi connectivity index (χ0v) is 21.7. The summed E-state index contributed by atoms with van der Waals surface area (Å²) in [6, 6.07) is 12.7. The van der Waals surface area contributed by atoms with Crippen molar-refractivity contribution in [3.63, 3.8) is 0 Å². The van der Waals surface area contributed by atoms with Crippen molar-refractivity contribution in [1.29, 1.82) is 0 Å². The van der Waals surface area contributed by atoms with Gasteiger partial charge in [-0.25, -0.2) is 4.79 Å². The van der Waals surface area contributed by atoms with Gasteiger partial charge in [-0.2, -0.15) is 0 Å². The van der Waals surface area contributed by atoms with Gasteiger partial charge >= 0.3 is 5.97 Å². The Morgan fingerprint density at radius 3 is 2.16 bits per heavy atom. The van der Waals surface area contributed by atoms with Crippen LogP contribution in [0.1, 0.15) is 31.9 Å². The van der Waals surface area contributed by atoms with Gasteiger partial charge in [0.1, 0.15) is 18.1 Å². The number of hydrogen-bond donors (Lipinski definition) is 6. The van der Waals surface area contributed by atoms with E-state index in [1.54, 1.807) is 20.0 Å². The molecule has 1 heterocycles. The normalized spacial score (nSPS) is 14.3. The van der Waals surface area contributed by atoms with E-state index >= 15 is 0 Å². The number of benzene rings is 2. The number of carbonyl (C=O) groups excluding carboxylic acids is 3. The first-order valence-electron chi connectivity index (χ1n) is 12.5. The number of rotatable bonds is 12. The Hall–Kier alpha value is -4.18. The monoisotopic (exact) mass is 521 g/mol. The lowest BCUT2D eigenvalue weighted by Gasteiger charge is -2.26. The van der Waals surface area contributed by atoms with Crippen LogP contribution in [0.3, 0.4) is 0 Å². The number of para-hydroxylation sites is 1. The summed E-state index contributed by atoms with van der Waals surface area (Å²) in [6.45, 7) is 4.97. The summed E-state index contributed by atoms with van der Waals surface area (Å²) in [5, 5.41) is 18.4. The van der Waals surface area contributed by atoms with Crippen molar-refractivity contribution in [2.24, 2.45) is 11.7 Å². The molecular formula is C28H35N5O5. The lowest BCUT2D eigenvalue weighted by atomic mass is 10.0. The maximum absolute atomic E-state index is 13.1. The summed E-state index contributed by atoms with van der Waals surface area (Å²) in [4.78, 5) is 53.5. The standard InChI is InChI=1S/C28H35N5O5/c1-16(2)24(33-25(34)17(3)31-26(35)21(29)13-18-9-5-4-6-10-18)27(36)32-23(28(37)38)14-19-15-30-22-12-8-7-11-20(19)22/h4-12,15-17,21,23-24,30H,13-14,29H2,1-3H3,(H,31,35)(H,32,36)(H,33,34)(H,37,38). The fourth-order valence-corrected chi connectivity index (χ4v) is 4.14. The van der Waals surface area contributed by atoms with Crippen molar-refractivity contribution < 1.29 is 24.3 Å². The molecule has 4 unspecified atom stereocenters. The van der Waals surface area contributed by atoms with Gasteiger partial charge in [0.05, 0.1) is 6.04 Å². The molecule has 10 nitrogen and oxygen atoms in total. The quantitative estimate of drug-likeness (QED) is 0.211. The average molecular weight is 522 g/mol. The van der Waals surface area contributed by atoms with E-state index in [-0.39, 0.29) is 12.3 Å². The van der Waals surface area contributed by atoms with Crippen LogP contribution in [0.5, 0.6) is 0 Å². The number of aromatic nitrogens is 1. The molecule has 4 atom stereocenters. The molecule has 0 spiro atoms. The van der Waals surface area contributed by atoms with E-state index in [1.165, 1.54) is 6.92 Å². The molecule has 3 rings (SSSR count). The molecule has 0 aliphatic carbocycles. The Kier molecular flexibility index (Phi) is 9.61. The van der Waals surface area contributed by atoms with Gasteiger partial charge in [0.2, 0.25) is 17.7 Å². The van der Waals surface area contributed by atoms with Crippen LogP contribution in [0.2, 0.25) is 0 Å². The second-order valence-electron chi connectivity index (χ2n) is 9.72. The third kappa shape index (κ3) is 7.42. The molecule has 3 amide bonds. The smallest absolute Gasteiger partial charge is 0.326 e. The number of nitrogens with one attached hydrogen (secondary N) is 4. The Morgan fingerprint density at radius 2 is 1.50 bits per heavy atom. The summed E-state index contributed by atoms with van der Waals surface area (Å²) < 4.78 is 0. The molecule has 0 radical (unpaired) electrons. The molecule has 2 aromatic carbocycles. The summed E-state index contributed by atoms with van der Waals surface area (Å²) in [5.41, 5.74) is 8.51. The van der Waals surface area contributed by atoms with Crippen molar-refractivity contribution in [2.45, 2.75) is 57.8 Å². The van der Waals surface area contributed by atoms with Crippen LogP contribution in [0.15, 0.2) is 60.8 Å². The number of nitrogens with two attached hydrogens (primary N) is 1. The van der Waals surface area contributed by atoms with E-state index in [2.05, 4.69) is 20.9 Å². The zero-order chi connectivity index (χ0) is 27.8. The lowest BCUT2D eigenvalue weighted by molar-refractivity contribution is -0.142. The summed E-state index contributed by atoms with van der Waals surface area (Å²) in [6.07, 6.45) is 2.10. The Balaban J connectivity index is 1.60. The van der Waals surface area contributed by atoms with Crippen molar-refractivity contribution >= 4 is 34.6 Å². The Labute approximate surface area is 221 Å². The number of aliphatic carboxylic acids is 1. The number of fused-ring (bicyclic) bond motifs is 1. The van der Waals surface area contributed by atoms with Gasteiger partial charge in [-0.15, -0.1) is 0 Å². The summed E-state index contributed by atoms with van der Waals surface area (Å²) >= 11 is 0. The molecule has 0 aliphatic rings.